The summed E-state index contributed by atoms with van der Waals surface area (Å²) in [4.78, 5) is 5.17. The van der Waals surface area contributed by atoms with E-state index in [1.165, 1.54) is 6.21 Å². The van der Waals surface area contributed by atoms with E-state index in [4.69, 9.17) is 9.57 Å². The van der Waals surface area contributed by atoms with Crippen molar-refractivity contribution in [3.05, 3.63) is 84.4 Å². The van der Waals surface area contributed by atoms with Crippen molar-refractivity contribution in [2.24, 2.45) is 5.16 Å². The molecule has 120 valence electrons. The quantitative estimate of drug-likeness (QED) is 0.439. The molecule has 0 aromatic heterocycles. The molecule has 0 saturated carbocycles. The molecule has 2 aromatic carbocycles. The van der Waals surface area contributed by atoms with E-state index in [1.807, 2.05) is 60.7 Å². The molecule has 2 rings (SSSR count). The van der Waals surface area contributed by atoms with E-state index in [-0.39, 0.29) is 0 Å². The van der Waals surface area contributed by atoms with Gasteiger partial charge in [-0.2, -0.15) is 0 Å². The lowest BCUT2D eigenvalue weighted by molar-refractivity contribution is 0.00958. The van der Waals surface area contributed by atoms with Gasteiger partial charge in [0.1, 0.15) is 18.8 Å². The lowest BCUT2D eigenvalue weighted by atomic mass is 10.2. The first-order valence-electron chi connectivity index (χ1n) is 7.45. The number of hydrogen-bond donors (Lipinski definition) is 1. The van der Waals surface area contributed by atoms with Crippen LogP contribution >= 0.6 is 0 Å². The second-order valence-corrected chi connectivity index (χ2v) is 5.00. The van der Waals surface area contributed by atoms with Gasteiger partial charge in [0.15, 0.2) is 0 Å². The molecule has 0 aliphatic carbocycles. The van der Waals surface area contributed by atoms with Gasteiger partial charge in [-0.15, -0.1) is 6.58 Å². The summed E-state index contributed by atoms with van der Waals surface area (Å²) in [5.74, 6) is 0. The standard InChI is InChI=1S/C19H21NO3/c1-2-19(22-14-16-9-5-3-6-10-16)18(21)13-20-23-15-17-11-7-4-8-12-17/h2-13,18-19,21H,1,14-15H2/b20-13+/t18-,19-/m0/s1. The Kier molecular flexibility index (Phi) is 7.04. The fourth-order valence-electron chi connectivity index (χ4n) is 1.95. The van der Waals surface area contributed by atoms with Gasteiger partial charge in [-0.05, 0) is 11.1 Å². The van der Waals surface area contributed by atoms with Crippen LogP contribution in [0.5, 0.6) is 0 Å². The minimum absolute atomic E-state index is 0.355. The third kappa shape index (κ3) is 6.06. The first-order valence-corrected chi connectivity index (χ1v) is 7.45. The third-order valence-electron chi connectivity index (χ3n) is 3.22. The second kappa shape index (κ2) is 9.56. The number of oxime groups is 1. The predicted octanol–water partition coefficient (Wildman–Crippen LogP) is 3.32. The largest absolute Gasteiger partial charge is 0.391 e. The Morgan fingerprint density at radius 3 is 2.09 bits per heavy atom. The van der Waals surface area contributed by atoms with Crippen molar-refractivity contribution in [2.45, 2.75) is 25.4 Å². The zero-order valence-electron chi connectivity index (χ0n) is 12.9. The summed E-state index contributed by atoms with van der Waals surface area (Å²) in [5.41, 5.74) is 2.04. The number of hydrogen-bond acceptors (Lipinski definition) is 4. The molecule has 4 heteroatoms. The van der Waals surface area contributed by atoms with Crippen LogP contribution in [0.2, 0.25) is 0 Å². The maximum Gasteiger partial charge on any atom is 0.142 e. The molecule has 4 nitrogen and oxygen atoms in total. The van der Waals surface area contributed by atoms with Crippen LogP contribution in [0.3, 0.4) is 0 Å². The molecule has 0 unspecified atom stereocenters. The lowest BCUT2D eigenvalue weighted by Crippen LogP contribution is -2.28. The Hall–Kier alpha value is -2.43. The highest BCUT2D eigenvalue weighted by atomic mass is 16.6. The zero-order valence-corrected chi connectivity index (χ0v) is 12.9. The predicted molar refractivity (Wildman–Crippen MR) is 90.9 cm³/mol. The van der Waals surface area contributed by atoms with E-state index in [2.05, 4.69) is 11.7 Å². The fraction of sp³-hybridized carbons (Fsp3) is 0.211. The number of aliphatic hydroxyl groups is 1. The summed E-state index contributed by atoms with van der Waals surface area (Å²) >= 11 is 0. The van der Waals surface area contributed by atoms with Crippen LogP contribution in [0.15, 0.2) is 78.5 Å². The van der Waals surface area contributed by atoms with Crippen LogP contribution in [0.1, 0.15) is 11.1 Å². The molecule has 0 fully saturated rings. The Balaban J connectivity index is 1.76. The third-order valence-corrected chi connectivity index (χ3v) is 3.22. The van der Waals surface area contributed by atoms with Gasteiger partial charge in [-0.1, -0.05) is 71.9 Å². The second-order valence-electron chi connectivity index (χ2n) is 5.00. The number of benzene rings is 2. The van der Waals surface area contributed by atoms with E-state index >= 15 is 0 Å². The molecule has 2 atom stereocenters. The molecule has 0 saturated heterocycles. The summed E-state index contributed by atoms with van der Waals surface area (Å²) in [6.07, 6.45) is 1.42. The fourth-order valence-corrected chi connectivity index (χ4v) is 1.95. The summed E-state index contributed by atoms with van der Waals surface area (Å²) in [6.45, 7) is 4.43. The molecular formula is C19H21NO3. The average molecular weight is 311 g/mol. The van der Waals surface area contributed by atoms with Crippen molar-refractivity contribution in [2.75, 3.05) is 0 Å². The molecule has 1 N–H and O–H groups in total. The van der Waals surface area contributed by atoms with Gasteiger partial charge < -0.3 is 14.7 Å². The first kappa shape index (κ1) is 16.9. The SMILES string of the molecule is C=C[C@H](OCc1ccccc1)[C@@H](O)/C=N/OCc1ccccc1. The van der Waals surface area contributed by atoms with Gasteiger partial charge in [-0.3, -0.25) is 0 Å². The zero-order chi connectivity index (χ0) is 16.3. The van der Waals surface area contributed by atoms with Crippen molar-refractivity contribution in [3.63, 3.8) is 0 Å². The summed E-state index contributed by atoms with van der Waals surface area (Å²) in [7, 11) is 0. The summed E-state index contributed by atoms with van der Waals surface area (Å²) < 4.78 is 5.64. The highest BCUT2D eigenvalue weighted by Crippen LogP contribution is 2.07. The monoisotopic (exact) mass is 311 g/mol. The average Bonchev–Trinajstić information content (AvgIpc) is 2.61. The molecule has 0 aliphatic rings. The van der Waals surface area contributed by atoms with Crippen molar-refractivity contribution < 1.29 is 14.7 Å². The van der Waals surface area contributed by atoms with E-state index in [0.717, 1.165) is 11.1 Å². The van der Waals surface area contributed by atoms with Gasteiger partial charge in [0, 0.05) is 0 Å². The van der Waals surface area contributed by atoms with Crippen LogP contribution in [0.4, 0.5) is 0 Å². The maximum absolute atomic E-state index is 10.1. The van der Waals surface area contributed by atoms with E-state index < -0.39 is 12.2 Å². The minimum atomic E-state index is -0.910. The van der Waals surface area contributed by atoms with Gasteiger partial charge in [-0.25, -0.2) is 0 Å². The molecule has 0 heterocycles. The highest BCUT2D eigenvalue weighted by molar-refractivity contribution is 5.63. The van der Waals surface area contributed by atoms with Crippen molar-refractivity contribution in [1.82, 2.24) is 0 Å². The van der Waals surface area contributed by atoms with Crippen LogP contribution in [0, 0.1) is 0 Å². The van der Waals surface area contributed by atoms with Crippen LogP contribution in [0.25, 0.3) is 0 Å². The summed E-state index contributed by atoms with van der Waals surface area (Å²) in [5, 5.41) is 13.8. The normalized spacial score (nSPS) is 13.6. The molecule has 0 aliphatic heterocycles. The van der Waals surface area contributed by atoms with Crippen molar-refractivity contribution in [1.29, 1.82) is 0 Å². The molecule has 0 amide bonds. The van der Waals surface area contributed by atoms with Gasteiger partial charge in [0.05, 0.1) is 12.8 Å². The lowest BCUT2D eigenvalue weighted by Gasteiger charge is -2.16. The topological polar surface area (TPSA) is 51.0 Å². The number of rotatable bonds is 9. The number of ether oxygens (including phenoxy) is 1. The summed E-state index contributed by atoms with van der Waals surface area (Å²) in [6, 6.07) is 19.4. The van der Waals surface area contributed by atoms with E-state index in [1.54, 1.807) is 6.08 Å². The molecule has 2 aromatic rings. The minimum Gasteiger partial charge on any atom is -0.391 e. The molecular weight excluding hydrogens is 290 g/mol. The smallest absolute Gasteiger partial charge is 0.142 e. The van der Waals surface area contributed by atoms with Crippen molar-refractivity contribution >= 4 is 6.21 Å². The van der Waals surface area contributed by atoms with Gasteiger partial charge >= 0.3 is 0 Å². The Labute approximate surface area is 136 Å². The first-order chi connectivity index (χ1) is 11.3. The number of aliphatic hydroxyl groups excluding tert-OH is 1. The van der Waals surface area contributed by atoms with E-state index in [9.17, 15) is 5.11 Å². The van der Waals surface area contributed by atoms with E-state index in [0.29, 0.717) is 13.2 Å². The number of nitrogens with zero attached hydrogens (tertiary/aromatic N) is 1. The van der Waals surface area contributed by atoms with Crippen LogP contribution < -0.4 is 0 Å². The maximum atomic E-state index is 10.1. The van der Waals surface area contributed by atoms with Crippen LogP contribution in [-0.4, -0.2) is 23.5 Å². The molecule has 0 radical (unpaired) electrons. The Morgan fingerprint density at radius 2 is 1.52 bits per heavy atom. The van der Waals surface area contributed by atoms with Gasteiger partial charge in [0.2, 0.25) is 0 Å². The highest BCUT2D eigenvalue weighted by Gasteiger charge is 2.14. The molecule has 23 heavy (non-hydrogen) atoms. The Morgan fingerprint density at radius 1 is 0.957 bits per heavy atom. The Bertz CT molecular complexity index is 599. The van der Waals surface area contributed by atoms with Crippen molar-refractivity contribution in [3.8, 4) is 0 Å². The molecule has 0 spiro atoms. The molecule has 0 bridgehead atoms. The van der Waals surface area contributed by atoms with Crippen LogP contribution in [-0.2, 0) is 22.8 Å². The van der Waals surface area contributed by atoms with Gasteiger partial charge in [0.25, 0.3) is 0 Å².